The third-order valence-electron chi connectivity index (χ3n) is 4.39. The number of nitrogens with one attached hydrogen (secondary N) is 1. The van der Waals surface area contributed by atoms with Crippen molar-refractivity contribution in [2.75, 3.05) is 33.3 Å². The summed E-state index contributed by atoms with van der Waals surface area (Å²) < 4.78 is 27.2. The van der Waals surface area contributed by atoms with E-state index >= 15 is 0 Å². The average Bonchev–Trinajstić information content (AvgIpc) is 2.82. The van der Waals surface area contributed by atoms with E-state index in [1.165, 1.54) is 21.3 Å². The summed E-state index contributed by atoms with van der Waals surface area (Å²) in [5.74, 6) is 2.31. The molecule has 0 radical (unpaired) electrons. The molecule has 3 rings (SSSR count). The lowest BCUT2D eigenvalue weighted by molar-refractivity contribution is -0.118. The molecule has 162 valence electrons. The standard InChI is InChI=1S/C24H25NO6/c1-27-21-13-18(14-22(28-2)24(21)29-3)25-23(26)16-31-20-11-9-19(10-12-20)30-15-17-7-5-4-6-8-17/h4-14H,15-16H2,1-3H3,(H,25,26). The molecule has 0 aromatic heterocycles. The van der Waals surface area contributed by atoms with E-state index in [0.717, 1.165) is 11.3 Å². The van der Waals surface area contributed by atoms with E-state index in [2.05, 4.69) is 5.32 Å². The third-order valence-corrected chi connectivity index (χ3v) is 4.39. The van der Waals surface area contributed by atoms with Crippen LogP contribution in [0.3, 0.4) is 0 Å². The van der Waals surface area contributed by atoms with Crippen LogP contribution in [-0.4, -0.2) is 33.8 Å². The summed E-state index contributed by atoms with van der Waals surface area (Å²) in [6.07, 6.45) is 0. The van der Waals surface area contributed by atoms with Crippen molar-refractivity contribution in [3.05, 3.63) is 72.3 Å². The van der Waals surface area contributed by atoms with E-state index in [1.54, 1.807) is 36.4 Å². The highest BCUT2D eigenvalue weighted by Gasteiger charge is 2.14. The first-order chi connectivity index (χ1) is 15.1. The Morgan fingerprint density at radius 2 is 1.35 bits per heavy atom. The van der Waals surface area contributed by atoms with Gasteiger partial charge in [-0.05, 0) is 29.8 Å². The van der Waals surface area contributed by atoms with E-state index < -0.39 is 0 Å². The normalized spacial score (nSPS) is 10.2. The van der Waals surface area contributed by atoms with Crippen LogP contribution in [0.4, 0.5) is 5.69 Å². The van der Waals surface area contributed by atoms with Crippen LogP contribution in [0.25, 0.3) is 0 Å². The summed E-state index contributed by atoms with van der Waals surface area (Å²) in [5, 5.41) is 2.76. The van der Waals surface area contributed by atoms with Crippen LogP contribution in [0.15, 0.2) is 66.7 Å². The Morgan fingerprint density at radius 1 is 0.774 bits per heavy atom. The smallest absolute Gasteiger partial charge is 0.262 e. The Morgan fingerprint density at radius 3 is 1.90 bits per heavy atom. The van der Waals surface area contributed by atoms with Crippen LogP contribution in [0.1, 0.15) is 5.56 Å². The molecular formula is C24H25NO6. The average molecular weight is 423 g/mol. The van der Waals surface area contributed by atoms with Crippen LogP contribution in [0.5, 0.6) is 28.7 Å². The summed E-state index contributed by atoms with van der Waals surface area (Å²) in [6.45, 7) is 0.332. The molecule has 7 heteroatoms. The van der Waals surface area contributed by atoms with E-state index in [1.807, 2.05) is 30.3 Å². The largest absolute Gasteiger partial charge is 0.493 e. The maximum absolute atomic E-state index is 12.3. The van der Waals surface area contributed by atoms with E-state index in [0.29, 0.717) is 35.3 Å². The Bertz CT molecular complexity index is 964. The lowest BCUT2D eigenvalue weighted by atomic mass is 10.2. The molecule has 0 bridgehead atoms. The number of hydrogen-bond donors (Lipinski definition) is 1. The lowest BCUT2D eigenvalue weighted by Crippen LogP contribution is -2.20. The fraction of sp³-hybridized carbons (Fsp3) is 0.208. The molecule has 1 N–H and O–H groups in total. The Labute approximate surface area is 181 Å². The molecule has 0 aliphatic rings. The summed E-state index contributed by atoms with van der Waals surface area (Å²) in [7, 11) is 4.54. The molecule has 3 aromatic carbocycles. The molecule has 1 amide bonds. The van der Waals surface area contributed by atoms with Gasteiger partial charge in [-0.3, -0.25) is 4.79 Å². The van der Waals surface area contributed by atoms with Crippen molar-refractivity contribution < 1.29 is 28.5 Å². The van der Waals surface area contributed by atoms with Gasteiger partial charge in [-0.25, -0.2) is 0 Å². The molecule has 3 aromatic rings. The van der Waals surface area contributed by atoms with Crippen molar-refractivity contribution in [2.45, 2.75) is 6.61 Å². The summed E-state index contributed by atoms with van der Waals surface area (Å²) in [4.78, 5) is 12.3. The van der Waals surface area contributed by atoms with Crippen LogP contribution in [-0.2, 0) is 11.4 Å². The third kappa shape index (κ3) is 6.05. The van der Waals surface area contributed by atoms with Gasteiger partial charge in [0.2, 0.25) is 5.75 Å². The number of anilines is 1. The first kappa shape index (κ1) is 21.8. The topological polar surface area (TPSA) is 75.3 Å². The van der Waals surface area contributed by atoms with E-state index in [4.69, 9.17) is 23.7 Å². The van der Waals surface area contributed by atoms with Gasteiger partial charge in [-0.1, -0.05) is 30.3 Å². The number of benzene rings is 3. The van der Waals surface area contributed by atoms with E-state index in [9.17, 15) is 4.79 Å². The molecule has 0 fully saturated rings. The fourth-order valence-corrected chi connectivity index (χ4v) is 2.87. The highest BCUT2D eigenvalue weighted by molar-refractivity contribution is 5.92. The van der Waals surface area contributed by atoms with Gasteiger partial charge in [0.05, 0.1) is 21.3 Å². The van der Waals surface area contributed by atoms with Crippen molar-refractivity contribution in [2.24, 2.45) is 0 Å². The summed E-state index contributed by atoms with van der Waals surface area (Å²) >= 11 is 0. The number of ether oxygens (including phenoxy) is 5. The van der Waals surface area contributed by atoms with Gasteiger partial charge in [-0.2, -0.15) is 0 Å². The van der Waals surface area contributed by atoms with Crippen LogP contribution < -0.4 is 29.0 Å². The minimum atomic E-state index is -0.321. The van der Waals surface area contributed by atoms with Crippen molar-refractivity contribution in [3.63, 3.8) is 0 Å². The number of amides is 1. The zero-order valence-corrected chi connectivity index (χ0v) is 17.7. The van der Waals surface area contributed by atoms with Gasteiger partial charge in [0.25, 0.3) is 5.91 Å². The van der Waals surface area contributed by atoms with Crippen LogP contribution in [0.2, 0.25) is 0 Å². The summed E-state index contributed by atoms with van der Waals surface area (Å²) in [5.41, 5.74) is 1.60. The minimum absolute atomic E-state index is 0.152. The SMILES string of the molecule is COc1cc(NC(=O)COc2ccc(OCc3ccccc3)cc2)cc(OC)c1OC. The molecule has 0 atom stereocenters. The van der Waals surface area contributed by atoms with E-state index in [-0.39, 0.29) is 12.5 Å². The molecule has 0 saturated carbocycles. The van der Waals surface area contributed by atoms with Gasteiger partial charge in [-0.15, -0.1) is 0 Å². The molecule has 0 heterocycles. The van der Waals surface area contributed by atoms with Crippen molar-refractivity contribution in [3.8, 4) is 28.7 Å². The quantitative estimate of drug-likeness (QED) is 0.524. The second-order valence-electron chi connectivity index (χ2n) is 6.50. The first-order valence-electron chi connectivity index (χ1n) is 9.62. The zero-order chi connectivity index (χ0) is 22.1. The van der Waals surface area contributed by atoms with Gasteiger partial charge < -0.3 is 29.0 Å². The molecular weight excluding hydrogens is 398 g/mol. The minimum Gasteiger partial charge on any atom is -0.493 e. The Kier molecular flexibility index (Phi) is 7.59. The lowest BCUT2D eigenvalue weighted by Gasteiger charge is -2.15. The highest BCUT2D eigenvalue weighted by Crippen LogP contribution is 2.39. The molecule has 0 aliphatic heterocycles. The van der Waals surface area contributed by atoms with Crippen molar-refractivity contribution >= 4 is 11.6 Å². The first-order valence-corrected chi connectivity index (χ1v) is 9.62. The monoisotopic (exact) mass is 423 g/mol. The van der Waals surface area contributed by atoms with Crippen LogP contribution in [0, 0.1) is 0 Å². The molecule has 31 heavy (non-hydrogen) atoms. The molecule has 0 unspecified atom stereocenters. The second-order valence-corrected chi connectivity index (χ2v) is 6.50. The Hall–Kier alpha value is -3.87. The van der Waals surface area contributed by atoms with Crippen molar-refractivity contribution in [1.82, 2.24) is 0 Å². The Balaban J connectivity index is 1.52. The predicted molar refractivity (Wildman–Crippen MR) is 117 cm³/mol. The maximum atomic E-state index is 12.3. The number of rotatable bonds is 10. The maximum Gasteiger partial charge on any atom is 0.262 e. The molecule has 0 spiro atoms. The number of hydrogen-bond acceptors (Lipinski definition) is 6. The number of carbonyl (C=O) groups is 1. The number of carbonyl (C=O) groups excluding carboxylic acids is 1. The molecule has 7 nitrogen and oxygen atoms in total. The van der Waals surface area contributed by atoms with Crippen molar-refractivity contribution in [1.29, 1.82) is 0 Å². The molecule has 0 saturated heterocycles. The fourth-order valence-electron chi connectivity index (χ4n) is 2.87. The van der Waals surface area contributed by atoms with Gasteiger partial charge in [0.1, 0.15) is 18.1 Å². The predicted octanol–water partition coefficient (Wildman–Crippen LogP) is 4.31. The van der Waals surface area contributed by atoms with Crippen LogP contribution >= 0.6 is 0 Å². The van der Waals surface area contributed by atoms with Gasteiger partial charge in [0.15, 0.2) is 18.1 Å². The highest BCUT2D eigenvalue weighted by atomic mass is 16.5. The second kappa shape index (κ2) is 10.8. The number of methoxy groups -OCH3 is 3. The zero-order valence-electron chi connectivity index (χ0n) is 17.7. The molecule has 0 aliphatic carbocycles. The van der Waals surface area contributed by atoms with Gasteiger partial charge in [0, 0.05) is 17.8 Å². The van der Waals surface area contributed by atoms with Gasteiger partial charge >= 0.3 is 0 Å². The summed E-state index contributed by atoms with van der Waals surface area (Å²) in [6, 6.07) is 20.3.